The van der Waals surface area contributed by atoms with Crippen LogP contribution in [0.4, 0.5) is 5.82 Å². The van der Waals surface area contributed by atoms with Crippen molar-refractivity contribution in [3.8, 4) is 0 Å². The summed E-state index contributed by atoms with van der Waals surface area (Å²) in [5, 5.41) is 11.9. The van der Waals surface area contributed by atoms with Gasteiger partial charge in [-0.1, -0.05) is 6.07 Å². The predicted octanol–water partition coefficient (Wildman–Crippen LogP) is 1.74. The quantitative estimate of drug-likeness (QED) is 0.834. The van der Waals surface area contributed by atoms with Crippen LogP contribution in [0.25, 0.3) is 0 Å². The van der Waals surface area contributed by atoms with Crippen molar-refractivity contribution in [2.75, 3.05) is 18.4 Å². The van der Waals surface area contributed by atoms with Crippen molar-refractivity contribution in [1.82, 2.24) is 9.88 Å². The number of aliphatic carboxylic acids is 1. The number of aromatic nitrogens is 1. The highest BCUT2D eigenvalue weighted by Crippen LogP contribution is 2.16. The number of carboxylic acids is 1. The maximum atomic E-state index is 11.9. The molecular weight excluding hydrogens is 270 g/mol. The molecule has 114 valence electrons. The lowest BCUT2D eigenvalue weighted by molar-refractivity contribution is -0.137. The lowest BCUT2D eigenvalue weighted by Gasteiger charge is -2.32. The second-order valence-corrected chi connectivity index (χ2v) is 5.26. The number of hydrogen-bond donors (Lipinski definition) is 2. The highest BCUT2D eigenvalue weighted by Gasteiger charge is 2.22. The lowest BCUT2D eigenvalue weighted by atomic mass is 10.0. The van der Waals surface area contributed by atoms with Gasteiger partial charge in [0.1, 0.15) is 5.82 Å². The summed E-state index contributed by atoms with van der Waals surface area (Å²) in [5.41, 5.74) is 0. The number of nitrogens with one attached hydrogen (secondary N) is 1. The van der Waals surface area contributed by atoms with Crippen molar-refractivity contribution >= 4 is 17.7 Å². The Balaban J connectivity index is 1.70. The number of carbonyl (C=O) groups is 2. The van der Waals surface area contributed by atoms with Crippen molar-refractivity contribution in [3.63, 3.8) is 0 Å². The van der Waals surface area contributed by atoms with Gasteiger partial charge in [-0.2, -0.15) is 0 Å². The van der Waals surface area contributed by atoms with E-state index in [1.54, 1.807) is 6.20 Å². The first-order valence-corrected chi connectivity index (χ1v) is 7.32. The van der Waals surface area contributed by atoms with Gasteiger partial charge in [-0.25, -0.2) is 4.98 Å². The topological polar surface area (TPSA) is 82.5 Å². The number of nitrogens with zero attached hydrogens (tertiary/aromatic N) is 2. The van der Waals surface area contributed by atoms with Crippen LogP contribution in [-0.2, 0) is 9.59 Å². The number of piperidine rings is 1. The zero-order valence-electron chi connectivity index (χ0n) is 12.0. The van der Waals surface area contributed by atoms with Gasteiger partial charge in [-0.05, 0) is 31.4 Å². The Morgan fingerprint density at radius 2 is 2.05 bits per heavy atom. The van der Waals surface area contributed by atoms with Crippen molar-refractivity contribution in [2.24, 2.45) is 0 Å². The predicted molar refractivity (Wildman–Crippen MR) is 78.9 cm³/mol. The van der Waals surface area contributed by atoms with E-state index in [1.165, 1.54) is 0 Å². The molecule has 2 heterocycles. The molecule has 6 nitrogen and oxygen atoms in total. The molecule has 0 unspecified atom stereocenters. The third kappa shape index (κ3) is 5.06. The van der Waals surface area contributed by atoms with Crippen molar-refractivity contribution in [2.45, 2.75) is 38.1 Å². The molecule has 1 amide bonds. The van der Waals surface area contributed by atoms with Gasteiger partial charge in [0.05, 0.1) is 0 Å². The van der Waals surface area contributed by atoms with E-state index in [4.69, 9.17) is 5.11 Å². The molecule has 0 bridgehead atoms. The summed E-state index contributed by atoms with van der Waals surface area (Å²) in [5.74, 6) is 0.0809. The molecule has 1 saturated heterocycles. The standard InChI is InChI=1S/C15H21N3O3/c19-14(5-3-6-15(20)21)18-10-7-12(8-11-18)17-13-4-1-2-9-16-13/h1-2,4,9,12H,3,5-8,10-11H2,(H,16,17)(H,20,21). The van der Waals surface area contributed by atoms with Gasteiger partial charge in [-0.3, -0.25) is 9.59 Å². The van der Waals surface area contributed by atoms with Crippen molar-refractivity contribution < 1.29 is 14.7 Å². The molecule has 1 aliphatic rings. The Morgan fingerprint density at radius 1 is 1.29 bits per heavy atom. The van der Waals surface area contributed by atoms with Gasteiger partial charge in [0.25, 0.3) is 0 Å². The fraction of sp³-hybridized carbons (Fsp3) is 0.533. The van der Waals surface area contributed by atoms with Crippen molar-refractivity contribution in [1.29, 1.82) is 0 Å². The molecule has 0 spiro atoms. The molecule has 1 aromatic heterocycles. The zero-order valence-corrected chi connectivity index (χ0v) is 12.0. The van der Waals surface area contributed by atoms with Crippen molar-refractivity contribution in [3.05, 3.63) is 24.4 Å². The van der Waals surface area contributed by atoms with E-state index >= 15 is 0 Å². The van der Waals surface area contributed by atoms with Crippen LogP contribution in [0, 0.1) is 0 Å². The summed E-state index contributed by atoms with van der Waals surface area (Å²) in [6.45, 7) is 1.44. The number of rotatable bonds is 6. The molecular formula is C15H21N3O3. The smallest absolute Gasteiger partial charge is 0.303 e. The van der Waals surface area contributed by atoms with Crippen LogP contribution in [0.15, 0.2) is 24.4 Å². The van der Waals surface area contributed by atoms with Gasteiger partial charge in [-0.15, -0.1) is 0 Å². The molecule has 0 aromatic carbocycles. The minimum atomic E-state index is -0.846. The summed E-state index contributed by atoms with van der Waals surface area (Å²) in [6, 6.07) is 6.09. The number of hydrogen-bond acceptors (Lipinski definition) is 4. The van der Waals surface area contributed by atoms with E-state index in [9.17, 15) is 9.59 Å². The van der Waals surface area contributed by atoms with Crippen LogP contribution in [-0.4, -0.2) is 46.0 Å². The second kappa shape index (κ2) is 7.61. The number of likely N-dealkylation sites (tertiary alicyclic amines) is 1. The molecule has 2 N–H and O–H groups in total. The molecule has 0 atom stereocenters. The summed E-state index contributed by atoms with van der Waals surface area (Å²) in [4.78, 5) is 28.4. The molecule has 1 fully saturated rings. The number of anilines is 1. The van der Waals surface area contributed by atoms with Crippen LogP contribution in [0.3, 0.4) is 0 Å². The van der Waals surface area contributed by atoms with Gasteiger partial charge >= 0.3 is 5.97 Å². The Bertz CT molecular complexity index is 470. The molecule has 0 aliphatic carbocycles. The first kappa shape index (κ1) is 15.3. The zero-order chi connectivity index (χ0) is 15.1. The van der Waals surface area contributed by atoms with Crippen LogP contribution in [0.1, 0.15) is 32.1 Å². The van der Waals surface area contributed by atoms with Gasteiger partial charge in [0.2, 0.25) is 5.91 Å². The van der Waals surface area contributed by atoms with E-state index in [1.807, 2.05) is 23.1 Å². The molecule has 21 heavy (non-hydrogen) atoms. The molecule has 0 radical (unpaired) electrons. The Labute approximate surface area is 124 Å². The molecule has 0 saturated carbocycles. The van der Waals surface area contributed by atoms with Gasteiger partial charge < -0.3 is 15.3 Å². The fourth-order valence-electron chi connectivity index (χ4n) is 2.48. The first-order chi connectivity index (χ1) is 10.1. The van der Waals surface area contributed by atoms with Gasteiger partial charge in [0.15, 0.2) is 0 Å². The van der Waals surface area contributed by atoms with E-state index in [2.05, 4.69) is 10.3 Å². The van der Waals surface area contributed by atoms with E-state index in [0.717, 1.165) is 31.7 Å². The SMILES string of the molecule is O=C(O)CCCC(=O)N1CCC(Nc2ccccn2)CC1. The maximum absolute atomic E-state index is 11.9. The largest absolute Gasteiger partial charge is 0.481 e. The molecule has 6 heteroatoms. The minimum Gasteiger partial charge on any atom is -0.481 e. The highest BCUT2D eigenvalue weighted by atomic mass is 16.4. The fourth-order valence-corrected chi connectivity index (χ4v) is 2.48. The van der Waals surface area contributed by atoms with Crippen LogP contribution in [0.2, 0.25) is 0 Å². The van der Waals surface area contributed by atoms with E-state index < -0.39 is 5.97 Å². The summed E-state index contributed by atoms with van der Waals surface area (Å²) in [7, 11) is 0. The molecule has 1 aliphatic heterocycles. The molecule has 2 rings (SSSR count). The van der Waals surface area contributed by atoms with E-state index in [-0.39, 0.29) is 12.3 Å². The maximum Gasteiger partial charge on any atom is 0.303 e. The Morgan fingerprint density at radius 3 is 2.67 bits per heavy atom. The number of pyridine rings is 1. The van der Waals surface area contributed by atoms with Crippen LogP contribution in [0.5, 0.6) is 0 Å². The van der Waals surface area contributed by atoms with Gasteiger partial charge in [0, 0.05) is 38.2 Å². The number of carboxylic acid groups (broad SMARTS) is 1. The summed E-state index contributed by atoms with van der Waals surface area (Å²) < 4.78 is 0. The number of amides is 1. The van der Waals surface area contributed by atoms with Crippen LogP contribution < -0.4 is 5.32 Å². The summed E-state index contributed by atoms with van der Waals surface area (Å²) >= 11 is 0. The molecule has 1 aromatic rings. The first-order valence-electron chi connectivity index (χ1n) is 7.32. The van der Waals surface area contributed by atoms with E-state index in [0.29, 0.717) is 18.9 Å². The highest BCUT2D eigenvalue weighted by molar-refractivity contribution is 5.77. The van der Waals surface area contributed by atoms with Crippen LogP contribution >= 0.6 is 0 Å². The monoisotopic (exact) mass is 291 g/mol. The lowest BCUT2D eigenvalue weighted by Crippen LogP contribution is -2.42. The third-order valence-electron chi connectivity index (χ3n) is 3.65. The Hall–Kier alpha value is -2.11. The normalized spacial score (nSPS) is 15.7. The summed E-state index contributed by atoms with van der Waals surface area (Å²) in [6.07, 6.45) is 4.33. The minimum absolute atomic E-state index is 0.0590. The number of carbonyl (C=O) groups excluding carboxylic acids is 1. The Kier molecular flexibility index (Phi) is 5.54. The average Bonchev–Trinajstić information content (AvgIpc) is 2.48. The third-order valence-corrected chi connectivity index (χ3v) is 3.65. The second-order valence-electron chi connectivity index (χ2n) is 5.26. The average molecular weight is 291 g/mol.